The number of carbonyl (C=O) groups is 1. The molecule has 0 amide bonds. The Morgan fingerprint density at radius 2 is 1.89 bits per heavy atom. The van der Waals surface area contributed by atoms with E-state index in [1.807, 2.05) is 23.8 Å². The van der Waals surface area contributed by atoms with Crippen LogP contribution < -0.4 is 0 Å². The molecule has 0 saturated heterocycles. The first kappa shape index (κ1) is 13.4. The van der Waals surface area contributed by atoms with Crippen molar-refractivity contribution in [1.29, 1.82) is 0 Å². The molecule has 0 aliphatic rings. The minimum Gasteiger partial charge on any atom is -0.461 e. The number of nitrogens with zero attached hydrogens (tertiary/aromatic N) is 1. The van der Waals surface area contributed by atoms with E-state index in [0.29, 0.717) is 18.8 Å². The quantitative estimate of drug-likeness (QED) is 0.787. The Kier molecular flexibility index (Phi) is 4.05. The Balaban J connectivity index is 2.24. The lowest BCUT2D eigenvalue weighted by atomic mass is 10.1. The van der Waals surface area contributed by atoms with Gasteiger partial charge in [-0.1, -0.05) is 29.3 Å². The Hall–Kier alpha value is -2.03. The molecule has 1 heterocycles. The summed E-state index contributed by atoms with van der Waals surface area (Å²) in [6.45, 7) is 7.06. The molecule has 1 aromatic carbocycles. The van der Waals surface area contributed by atoms with E-state index in [1.54, 1.807) is 6.07 Å². The third-order valence-electron chi connectivity index (χ3n) is 2.95. The summed E-state index contributed by atoms with van der Waals surface area (Å²) in [4.78, 5) is 11.8. The molecular weight excluding hydrogens is 238 g/mol. The van der Waals surface area contributed by atoms with Crippen LogP contribution in [0.4, 0.5) is 0 Å². The second-order valence-electron chi connectivity index (χ2n) is 4.74. The first-order valence-electron chi connectivity index (χ1n) is 6.49. The number of hydrogen-bond acceptors (Lipinski definition) is 2. The highest BCUT2D eigenvalue weighted by Gasteiger charge is 2.11. The minimum atomic E-state index is -0.267. The summed E-state index contributed by atoms with van der Waals surface area (Å²) in [6.07, 6.45) is 1.91. The molecular formula is C16H19NO2. The fourth-order valence-electron chi connectivity index (χ4n) is 2.30. The van der Waals surface area contributed by atoms with E-state index in [-0.39, 0.29) is 5.97 Å². The number of aryl methyl sites for hydroxylation is 2. The van der Waals surface area contributed by atoms with Crippen molar-refractivity contribution in [3.63, 3.8) is 0 Å². The molecule has 0 atom stereocenters. The summed E-state index contributed by atoms with van der Waals surface area (Å²) >= 11 is 0. The van der Waals surface area contributed by atoms with Crippen LogP contribution in [0.5, 0.6) is 0 Å². The van der Waals surface area contributed by atoms with E-state index in [0.717, 1.165) is 0 Å². The van der Waals surface area contributed by atoms with Gasteiger partial charge in [0.1, 0.15) is 5.69 Å². The van der Waals surface area contributed by atoms with Gasteiger partial charge in [0.2, 0.25) is 0 Å². The monoisotopic (exact) mass is 257 g/mol. The van der Waals surface area contributed by atoms with Crippen molar-refractivity contribution in [2.75, 3.05) is 6.61 Å². The van der Waals surface area contributed by atoms with Crippen LogP contribution in [0.25, 0.3) is 0 Å². The molecule has 3 heteroatoms. The van der Waals surface area contributed by atoms with Gasteiger partial charge in [-0.2, -0.15) is 0 Å². The van der Waals surface area contributed by atoms with Gasteiger partial charge in [-0.25, -0.2) is 4.79 Å². The van der Waals surface area contributed by atoms with Crippen molar-refractivity contribution in [2.24, 2.45) is 0 Å². The number of benzene rings is 1. The fourth-order valence-corrected chi connectivity index (χ4v) is 2.30. The number of aromatic nitrogens is 1. The van der Waals surface area contributed by atoms with Gasteiger partial charge >= 0.3 is 5.97 Å². The summed E-state index contributed by atoms with van der Waals surface area (Å²) in [5, 5.41) is 0. The highest BCUT2D eigenvalue weighted by molar-refractivity contribution is 5.87. The van der Waals surface area contributed by atoms with E-state index >= 15 is 0 Å². The second-order valence-corrected chi connectivity index (χ2v) is 4.74. The van der Waals surface area contributed by atoms with Crippen LogP contribution in [-0.4, -0.2) is 17.1 Å². The van der Waals surface area contributed by atoms with Gasteiger partial charge < -0.3 is 9.30 Å². The van der Waals surface area contributed by atoms with Crippen LogP contribution in [-0.2, 0) is 11.3 Å². The molecule has 19 heavy (non-hydrogen) atoms. The van der Waals surface area contributed by atoms with Crippen molar-refractivity contribution in [1.82, 2.24) is 4.57 Å². The Bertz CT molecular complexity index is 564. The lowest BCUT2D eigenvalue weighted by molar-refractivity contribution is 0.0514. The molecule has 0 unspecified atom stereocenters. The zero-order chi connectivity index (χ0) is 13.8. The molecule has 0 spiro atoms. The number of ether oxygens (including phenoxy) is 1. The van der Waals surface area contributed by atoms with Crippen molar-refractivity contribution in [2.45, 2.75) is 27.3 Å². The smallest absolute Gasteiger partial charge is 0.354 e. The normalized spacial score (nSPS) is 10.5. The predicted molar refractivity (Wildman–Crippen MR) is 75.4 cm³/mol. The van der Waals surface area contributed by atoms with E-state index in [4.69, 9.17) is 4.74 Å². The molecule has 0 saturated carbocycles. The highest BCUT2D eigenvalue weighted by atomic mass is 16.5. The zero-order valence-corrected chi connectivity index (χ0v) is 11.6. The average Bonchev–Trinajstić information content (AvgIpc) is 2.76. The molecule has 3 nitrogen and oxygen atoms in total. The van der Waals surface area contributed by atoms with Gasteiger partial charge in [-0.15, -0.1) is 0 Å². The van der Waals surface area contributed by atoms with Crippen LogP contribution in [0.1, 0.15) is 34.1 Å². The van der Waals surface area contributed by atoms with Gasteiger partial charge in [-0.05, 0) is 38.5 Å². The zero-order valence-electron chi connectivity index (χ0n) is 11.6. The van der Waals surface area contributed by atoms with Gasteiger partial charge in [0.25, 0.3) is 0 Å². The van der Waals surface area contributed by atoms with Gasteiger partial charge in [0.15, 0.2) is 0 Å². The van der Waals surface area contributed by atoms with Crippen molar-refractivity contribution in [3.8, 4) is 0 Å². The molecule has 0 N–H and O–H groups in total. The lowest BCUT2D eigenvalue weighted by Gasteiger charge is -2.10. The number of carbonyl (C=O) groups excluding carboxylic acids is 1. The number of hydrogen-bond donors (Lipinski definition) is 0. The molecule has 0 radical (unpaired) electrons. The molecule has 0 aliphatic heterocycles. The van der Waals surface area contributed by atoms with E-state index < -0.39 is 0 Å². The van der Waals surface area contributed by atoms with Gasteiger partial charge in [0.05, 0.1) is 6.61 Å². The summed E-state index contributed by atoms with van der Waals surface area (Å²) in [6, 6.07) is 10.1. The van der Waals surface area contributed by atoms with Crippen LogP contribution >= 0.6 is 0 Å². The maximum absolute atomic E-state index is 11.8. The van der Waals surface area contributed by atoms with Crippen molar-refractivity contribution in [3.05, 3.63) is 58.9 Å². The first-order valence-corrected chi connectivity index (χ1v) is 6.49. The SMILES string of the molecule is CCOC(=O)c1cccn1Cc1cc(C)cc(C)c1. The topological polar surface area (TPSA) is 31.2 Å². The molecule has 0 bridgehead atoms. The summed E-state index contributed by atoms with van der Waals surface area (Å²) in [5.41, 5.74) is 4.26. The van der Waals surface area contributed by atoms with E-state index in [9.17, 15) is 4.79 Å². The molecule has 100 valence electrons. The van der Waals surface area contributed by atoms with Crippen molar-refractivity contribution >= 4 is 5.97 Å². The predicted octanol–water partition coefficient (Wildman–Crippen LogP) is 3.33. The van der Waals surface area contributed by atoms with Crippen LogP contribution in [0.15, 0.2) is 36.5 Å². The highest BCUT2D eigenvalue weighted by Crippen LogP contribution is 2.13. The maximum atomic E-state index is 11.8. The number of rotatable bonds is 4. The largest absolute Gasteiger partial charge is 0.461 e. The summed E-state index contributed by atoms with van der Waals surface area (Å²) in [5.74, 6) is -0.267. The summed E-state index contributed by atoms with van der Waals surface area (Å²) in [7, 11) is 0. The molecule has 2 rings (SSSR count). The fraction of sp³-hybridized carbons (Fsp3) is 0.312. The molecule has 0 aliphatic carbocycles. The van der Waals surface area contributed by atoms with E-state index in [2.05, 4.69) is 32.0 Å². The van der Waals surface area contributed by atoms with E-state index in [1.165, 1.54) is 16.7 Å². The minimum absolute atomic E-state index is 0.267. The maximum Gasteiger partial charge on any atom is 0.354 e. The molecule has 2 aromatic rings. The standard InChI is InChI=1S/C16H19NO2/c1-4-19-16(18)15-6-5-7-17(15)11-14-9-12(2)8-13(3)10-14/h5-10H,4,11H2,1-3H3. The Labute approximate surface area is 113 Å². The Morgan fingerprint density at radius 1 is 1.21 bits per heavy atom. The van der Waals surface area contributed by atoms with Crippen LogP contribution in [0, 0.1) is 13.8 Å². The third kappa shape index (κ3) is 3.25. The number of esters is 1. The average molecular weight is 257 g/mol. The van der Waals surface area contributed by atoms with Crippen molar-refractivity contribution < 1.29 is 9.53 Å². The Morgan fingerprint density at radius 3 is 2.53 bits per heavy atom. The van der Waals surface area contributed by atoms with Crippen LogP contribution in [0.3, 0.4) is 0 Å². The molecule has 1 aromatic heterocycles. The second kappa shape index (κ2) is 5.74. The molecule has 0 fully saturated rings. The first-order chi connectivity index (χ1) is 9.10. The lowest BCUT2D eigenvalue weighted by Crippen LogP contribution is -2.12. The summed E-state index contributed by atoms with van der Waals surface area (Å²) < 4.78 is 6.98. The third-order valence-corrected chi connectivity index (χ3v) is 2.95. The van der Waals surface area contributed by atoms with Gasteiger partial charge in [-0.3, -0.25) is 0 Å². The van der Waals surface area contributed by atoms with Gasteiger partial charge in [0, 0.05) is 12.7 Å². The van der Waals surface area contributed by atoms with Crippen LogP contribution in [0.2, 0.25) is 0 Å².